The van der Waals surface area contributed by atoms with Crippen LogP contribution in [0, 0.1) is 17.8 Å². The number of rotatable bonds is 6. The number of hydrogen-bond donors (Lipinski definition) is 3. The molecule has 6 rings (SSSR count). The van der Waals surface area contributed by atoms with Crippen LogP contribution in [0.25, 0.3) is 11.0 Å². The molecule has 0 unspecified atom stereocenters. The van der Waals surface area contributed by atoms with Gasteiger partial charge < -0.3 is 19.7 Å². The normalized spacial score (nSPS) is 34.4. The van der Waals surface area contributed by atoms with Gasteiger partial charge in [0.25, 0.3) is 5.56 Å². The summed E-state index contributed by atoms with van der Waals surface area (Å²) in [5.74, 6) is 2.85. The minimum absolute atomic E-state index is 0.0111. The van der Waals surface area contributed by atoms with Crippen LogP contribution in [0.5, 0.6) is 0 Å². The van der Waals surface area contributed by atoms with E-state index in [4.69, 9.17) is 0 Å². The van der Waals surface area contributed by atoms with E-state index in [1.807, 2.05) is 28.8 Å². The van der Waals surface area contributed by atoms with Crippen molar-refractivity contribution in [3.63, 3.8) is 0 Å². The Morgan fingerprint density at radius 1 is 0.946 bits per heavy atom. The first-order chi connectivity index (χ1) is 17.7. The van der Waals surface area contributed by atoms with Crippen LogP contribution in [0.3, 0.4) is 0 Å². The summed E-state index contributed by atoms with van der Waals surface area (Å²) in [4.78, 5) is 39.7. The number of anilines is 1. The van der Waals surface area contributed by atoms with E-state index in [2.05, 4.69) is 22.1 Å². The van der Waals surface area contributed by atoms with E-state index in [0.717, 1.165) is 41.6 Å². The molecule has 1 aromatic carbocycles. The molecule has 4 atom stereocenters. The zero-order valence-electron chi connectivity index (χ0n) is 21.8. The maximum absolute atomic E-state index is 13.7. The van der Waals surface area contributed by atoms with Gasteiger partial charge in [-0.15, -0.1) is 0 Å². The largest absolute Gasteiger partial charge is 0.365 e. The third-order valence-corrected chi connectivity index (χ3v) is 10.4. The van der Waals surface area contributed by atoms with Crippen molar-refractivity contribution < 1.29 is 14.4 Å². The highest BCUT2D eigenvalue weighted by molar-refractivity contribution is 7.51. The number of nitrogens with one attached hydrogen (secondary N) is 1. The third-order valence-electron chi connectivity index (χ3n) is 9.63. The Balaban J connectivity index is 1.28. The van der Waals surface area contributed by atoms with E-state index in [0.29, 0.717) is 18.1 Å². The van der Waals surface area contributed by atoms with Crippen molar-refractivity contribution in [1.82, 2.24) is 14.5 Å². The fraction of sp³-hybridized carbons (Fsp3) is 0.714. The van der Waals surface area contributed by atoms with Crippen molar-refractivity contribution in [3.8, 4) is 0 Å². The van der Waals surface area contributed by atoms with Crippen LogP contribution in [0.4, 0.5) is 5.82 Å². The van der Waals surface area contributed by atoms with Crippen LogP contribution < -0.4 is 10.9 Å². The van der Waals surface area contributed by atoms with Crippen molar-refractivity contribution in [2.24, 2.45) is 17.8 Å². The van der Waals surface area contributed by atoms with E-state index < -0.39 is 7.60 Å². The molecule has 0 radical (unpaired) electrons. The van der Waals surface area contributed by atoms with E-state index in [-0.39, 0.29) is 30.1 Å². The highest BCUT2D eigenvalue weighted by Gasteiger charge is 2.46. The predicted molar refractivity (Wildman–Crippen MR) is 146 cm³/mol. The Labute approximate surface area is 219 Å². The second-order valence-electron chi connectivity index (χ2n) is 12.4. The van der Waals surface area contributed by atoms with Gasteiger partial charge in [0.1, 0.15) is 0 Å². The summed E-state index contributed by atoms with van der Waals surface area (Å²) in [6.07, 6.45) is 12.3. The van der Waals surface area contributed by atoms with Gasteiger partial charge in [0, 0.05) is 30.7 Å². The lowest BCUT2D eigenvalue weighted by atomic mass is 9.65. The molecule has 0 spiro atoms. The maximum atomic E-state index is 13.7. The predicted octanol–water partition coefficient (Wildman–Crippen LogP) is 4.76. The smallest absolute Gasteiger partial charge is 0.327 e. The first-order valence-corrected chi connectivity index (χ1v) is 16.1. The number of hydrogen-bond acceptors (Lipinski definition) is 5. The Morgan fingerprint density at radius 2 is 1.62 bits per heavy atom. The molecule has 0 amide bonds. The summed E-state index contributed by atoms with van der Waals surface area (Å²) in [6, 6.07) is 9.61. The number of nitrogens with zero attached hydrogens (tertiary/aromatic N) is 3. The number of piperidine rings is 2. The monoisotopic (exact) mass is 528 g/mol. The van der Waals surface area contributed by atoms with Gasteiger partial charge in [-0.05, 0) is 87.7 Å². The van der Waals surface area contributed by atoms with Crippen molar-refractivity contribution in [2.45, 2.75) is 95.3 Å². The molecule has 8 nitrogen and oxygen atoms in total. The average molecular weight is 529 g/mol. The third kappa shape index (κ3) is 5.27. The number of aromatic nitrogens is 2. The molecular weight excluding hydrogens is 487 g/mol. The van der Waals surface area contributed by atoms with Crippen LogP contribution in [0.1, 0.15) is 77.2 Å². The van der Waals surface area contributed by atoms with Gasteiger partial charge in [-0.2, -0.15) is 0 Å². The molecule has 2 saturated heterocycles. The molecule has 4 fully saturated rings. The highest BCUT2D eigenvalue weighted by atomic mass is 31.2. The van der Waals surface area contributed by atoms with Gasteiger partial charge in [-0.25, -0.2) is 4.98 Å². The Kier molecular flexibility index (Phi) is 6.98. The zero-order chi connectivity index (χ0) is 25.7. The van der Waals surface area contributed by atoms with E-state index in [1.165, 1.54) is 51.4 Å². The van der Waals surface area contributed by atoms with E-state index in [9.17, 15) is 19.1 Å². The fourth-order valence-electron chi connectivity index (χ4n) is 8.54. The van der Waals surface area contributed by atoms with Gasteiger partial charge in [0.05, 0.1) is 17.2 Å². The van der Waals surface area contributed by atoms with Crippen LogP contribution in [-0.4, -0.2) is 55.1 Å². The first-order valence-electron chi connectivity index (χ1n) is 14.3. The fourth-order valence-corrected chi connectivity index (χ4v) is 8.94. The second kappa shape index (κ2) is 10.1. The molecule has 2 aromatic rings. The minimum Gasteiger partial charge on any atom is -0.365 e. The van der Waals surface area contributed by atoms with Gasteiger partial charge in [-0.3, -0.25) is 14.3 Å². The van der Waals surface area contributed by atoms with Crippen molar-refractivity contribution in [2.75, 3.05) is 18.0 Å². The summed E-state index contributed by atoms with van der Waals surface area (Å²) in [5.41, 5.74) is 1.41. The summed E-state index contributed by atoms with van der Waals surface area (Å²) in [5, 5.41) is 2.93. The van der Waals surface area contributed by atoms with Crippen LogP contribution >= 0.6 is 7.60 Å². The standard InChI is InChI=1S/C28H41N4O4P/c1-18-11-19-13-20(12-18)15-23(14-19)31-21-5-4-6-22(31)17-24(16-21)32-26-8-3-2-7-25(26)30-27(28(32)33)29-9-10-37(34,35)36/h2-3,7-8,18-24H,4-6,9-17H2,1H3,(H,29,30)(H2,34,35,36)/t18?,19-,20-,21+,22+,23?/m1/s1. The maximum Gasteiger partial charge on any atom is 0.327 e. The first kappa shape index (κ1) is 25.5. The number of para-hydroxylation sites is 2. The molecule has 3 heterocycles. The number of fused-ring (bicyclic) bond motifs is 5. The molecule has 4 aliphatic rings. The molecule has 1 aromatic heterocycles. The SMILES string of the molecule is CC1C[C@H]2CC(N3[C@H]4CCC[C@H]3CC(n3c(=O)c(NCCP(=O)(O)O)nc5ccccc53)C4)C[C@H](C1)C2. The molecular formula is C28H41N4O4P. The van der Waals surface area contributed by atoms with Crippen molar-refractivity contribution in [1.29, 1.82) is 0 Å². The van der Waals surface area contributed by atoms with Crippen LogP contribution in [0.15, 0.2) is 29.1 Å². The molecule has 2 saturated carbocycles. The summed E-state index contributed by atoms with van der Waals surface area (Å²) < 4.78 is 13.3. The Morgan fingerprint density at radius 3 is 2.30 bits per heavy atom. The molecule has 2 aliphatic carbocycles. The lowest BCUT2D eigenvalue weighted by Gasteiger charge is -2.55. The second-order valence-corrected chi connectivity index (χ2v) is 14.2. The van der Waals surface area contributed by atoms with E-state index in [1.54, 1.807) is 0 Å². The molecule has 37 heavy (non-hydrogen) atoms. The Bertz CT molecular complexity index is 1210. The van der Waals surface area contributed by atoms with Gasteiger partial charge in [0.15, 0.2) is 5.82 Å². The minimum atomic E-state index is -4.15. The van der Waals surface area contributed by atoms with Gasteiger partial charge in [-0.1, -0.05) is 25.5 Å². The molecule has 9 heteroatoms. The Hall–Kier alpha value is -1.73. The van der Waals surface area contributed by atoms with Gasteiger partial charge in [0.2, 0.25) is 0 Å². The van der Waals surface area contributed by atoms with Crippen LogP contribution in [0.2, 0.25) is 0 Å². The lowest BCUT2D eigenvalue weighted by Crippen LogP contribution is -2.58. The van der Waals surface area contributed by atoms with Crippen LogP contribution in [-0.2, 0) is 4.57 Å². The quantitative estimate of drug-likeness (QED) is 0.464. The highest BCUT2D eigenvalue weighted by Crippen LogP contribution is 2.48. The zero-order valence-corrected chi connectivity index (χ0v) is 22.7. The van der Waals surface area contributed by atoms with Crippen molar-refractivity contribution >= 4 is 24.4 Å². The van der Waals surface area contributed by atoms with Gasteiger partial charge >= 0.3 is 7.60 Å². The summed E-state index contributed by atoms with van der Waals surface area (Å²) in [6.45, 7) is 2.45. The summed E-state index contributed by atoms with van der Waals surface area (Å²) in [7, 11) is -4.15. The molecule has 2 aliphatic heterocycles. The number of benzene rings is 1. The molecule has 3 N–H and O–H groups in total. The topological polar surface area (TPSA) is 108 Å². The molecule has 202 valence electrons. The van der Waals surface area contributed by atoms with Crippen molar-refractivity contribution in [3.05, 3.63) is 34.6 Å². The lowest BCUT2D eigenvalue weighted by molar-refractivity contribution is -0.0524. The summed E-state index contributed by atoms with van der Waals surface area (Å²) >= 11 is 0. The molecule has 4 bridgehead atoms. The van der Waals surface area contributed by atoms with E-state index >= 15 is 0 Å². The average Bonchev–Trinajstić information content (AvgIpc) is 2.82.